The highest BCUT2D eigenvalue weighted by molar-refractivity contribution is 7.85. The third-order valence-electron chi connectivity index (χ3n) is 1.81. The zero-order valence-corrected chi connectivity index (χ0v) is 9.24. The predicted octanol–water partition coefficient (Wildman–Crippen LogP) is -1.70. The van der Waals surface area contributed by atoms with Crippen LogP contribution in [0.2, 0.25) is 0 Å². The highest BCUT2D eigenvalue weighted by atomic mass is 32.2. The van der Waals surface area contributed by atoms with Gasteiger partial charge in [-0.2, -0.15) is 8.42 Å². The Morgan fingerprint density at radius 2 is 1.86 bits per heavy atom. The lowest BCUT2D eigenvalue weighted by Crippen LogP contribution is -2.48. The van der Waals surface area contributed by atoms with E-state index >= 15 is 0 Å². The smallest absolute Gasteiger partial charge is 0.267 e. The van der Waals surface area contributed by atoms with E-state index in [2.05, 4.69) is 0 Å². The Kier molecular flexibility index (Phi) is 4.96. The van der Waals surface area contributed by atoms with Gasteiger partial charge in [-0.05, 0) is 0 Å². The fourth-order valence-corrected chi connectivity index (χ4v) is 1.82. The van der Waals surface area contributed by atoms with Crippen molar-refractivity contribution in [2.24, 2.45) is 0 Å². The number of rotatable bonds is 6. The first kappa shape index (κ1) is 13.8. The lowest BCUT2D eigenvalue weighted by atomic mass is 10.3. The van der Waals surface area contributed by atoms with Crippen LogP contribution in [-0.4, -0.2) is 73.3 Å². The van der Waals surface area contributed by atoms with E-state index in [1.807, 2.05) is 0 Å². The quantitative estimate of drug-likeness (QED) is 0.372. The number of hydrogen-bond donors (Lipinski definition) is 3. The summed E-state index contributed by atoms with van der Waals surface area (Å²) in [4.78, 5) is 0. The van der Waals surface area contributed by atoms with Crippen LogP contribution in [0.3, 0.4) is 0 Å². The Morgan fingerprint density at radius 3 is 2.21 bits per heavy atom. The zero-order valence-electron chi connectivity index (χ0n) is 8.42. The molecule has 0 radical (unpaired) electrons. The van der Waals surface area contributed by atoms with Crippen LogP contribution >= 0.6 is 0 Å². The van der Waals surface area contributed by atoms with Gasteiger partial charge >= 0.3 is 0 Å². The monoisotopic (exact) mass is 228 g/mol. The summed E-state index contributed by atoms with van der Waals surface area (Å²) < 4.78 is 29.6. The van der Waals surface area contributed by atoms with E-state index < -0.39 is 22.0 Å². The van der Waals surface area contributed by atoms with E-state index in [-0.39, 0.29) is 13.2 Å². The Labute approximate surface area is 84.1 Å². The van der Waals surface area contributed by atoms with Gasteiger partial charge in [0.1, 0.15) is 24.9 Å². The van der Waals surface area contributed by atoms with Crippen LogP contribution in [0.15, 0.2) is 0 Å². The van der Waals surface area contributed by atoms with Crippen LogP contribution in [0.1, 0.15) is 0 Å². The van der Waals surface area contributed by atoms with Crippen LogP contribution in [0, 0.1) is 0 Å². The van der Waals surface area contributed by atoms with Crippen LogP contribution < -0.4 is 0 Å². The lowest BCUT2D eigenvalue weighted by Gasteiger charge is -2.30. The van der Waals surface area contributed by atoms with E-state index in [0.29, 0.717) is 11.0 Å². The van der Waals surface area contributed by atoms with Crippen molar-refractivity contribution in [3.05, 3.63) is 0 Å². The van der Waals surface area contributed by atoms with Gasteiger partial charge in [-0.3, -0.25) is 4.55 Å². The van der Waals surface area contributed by atoms with Gasteiger partial charge in [0.05, 0.1) is 20.7 Å². The molecule has 1 atom stereocenters. The molecule has 0 aromatic carbocycles. The van der Waals surface area contributed by atoms with Crippen molar-refractivity contribution in [2.45, 2.75) is 6.10 Å². The van der Waals surface area contributed by atoms with Crippen LogP contribution in [-0.2, 0) is 10.1 Å². The van der Waals surface area contributed by atoms with Gasteiger partial charge < -0.3 is 14.7 Å². The van der Waals surface area contributed by atoms with Gasteiger partial charge in [-0.25, -0.2) is 0 Å². The molecule has 0 saturated heterocycles. The summed E-state index contributed by atoms with van der Waals surface area (Å²) in [7, 11) is -0.626. The molecule has 0 aliphatic rings. The molecule has 6 nitrogen and oxygen atoms in total. The molecule has 1 unspecified atom stereocenters. The Morgan fingerprint density at radius 1 is 1.36 bits per heavy atom. The minimum atomic E-state index is -4.13. The molecular formula is C7H18NO5S+. The first-order valence-corrected chi connectivity index (χ1v) is 5.83. The fraction of sp³-hybridized carbons (Fsp3) is 1.00. The minimum Gasteiger partial charge on any atom is -0.391 e. The molecule has 0 amide bonds. The number of nitrogens with zero attached hydrogens (tertiary/aromatic N) is 1. The number of hydrogen-bond acceptors (Lipinski definition) is 4. The maximum Gasteiger partial charge on any atom is 0.267 e. The standard InChI is InChI=1S/C7H17NO5S/c1-8(2,3-4-9)5-7(10)6-14(11,12)13/h7,9-10H,3-6H2,1-2H3/p+1. The summed E-state index contributed by atoms with van der Waals surface area (Å²) in [6, 6.07) is 0. The maximum absolute atomic E-state index is 10.4. The molecule has 3 N–H and O–H groups in total. The molecule has 14 heavy (non-hydrogen) atoms. The summed E-state index contributed by atoms with van der Waals surface area (Å²) in [5.41, 5.74) is 0. The molecule has 7 heteroatoms. The number of quaternary nitrogens is 1. The lowest BCUT2D eigenvalue weighted by molar-refractivity contribution is -0.893. The molecule has 0 aliphatic carbocycles. The number of aliphatic hydroxyl groups excluding tert-OH is 2. The molecule has 0 bridgehead atoms. The third-order valence-corrected chi connectivity index (χ3v) is 2.62. The second-order valence-electron chi connectivity index (χ2n) is 3.97. The average Bonchev–Trinajstić information content (AvgIpc) is 1.78. The van der Waals surface area contributed by atoms with Crippen molar-refractivity contribution < 1.29 is 27.7 Å². The van der Waals surface area contributed by atoms with Crippen molar-refractivity contribution >= 4 is 10.1 Å². The fourth-order valence-electron chi connectivity index (χ4n) is 1.23. The molecule has 86 valence electrons. The van der Waals surface area contributed by atoms with Crippen LogP contribution in [0.5, 0.6) is 0 Å². The second-order valence-corrected chi connectivity index (χ2v) is 5.47. The maximum atomic E-state index is 10.4. The average molecular weight is 228 g/mol. The van der Waals surface area contributed by atoms with Gasteiger partial charge in [0.2, 0.25) is 0 Å². The highest BCUT2D eigenvalue weighted by Crippen LogP contribution is 2.01. The molecule has 0 saturated carbocycles. The largest absolute Gasteiger partial charge is 0.391 e. The van der Waals surface area contributed by atoms with Gasteiger partial charge in [0, 0.05) is 0 Å². The third kappa shape index (κ3) is 7.22. The van der Waals surface area contributed by atoms with E-state index in [1.54, 1.807) is 14.1 Å². The molecule has 0 spiro atoms. The Hall–Kier alpha value is -0.210. The number of likely N-dealkylation sites (N-methyl/N-ethyl adjacent to an activating group) is 1. The van der Waals surface area contributed by atoms with Gasteiger partial charge in [0.15, 0.2) is 0 Å². The molecule has 0 aromatic rings. The van der Waals surface area contributed by atoms with Gasteiger partial charge in [-0.15, -0.1) is 0 Å². The minimum absolute atomic E-state index is 0.0361. The molecule has 0 rings (SSSR count). The van der Waals surface area contributed by atoms with Crippen molar-refractivity contribution in [3.63, 3.8) is 0 Å². The van der Waals surface area contributed by atoms with Gasteiger partial charge in [-0.1, -0.05) is 0 Å². The molecule has 0 heterocycles. The van der Waals surface area contributed by atoms with E-state index in [9.17, 15) is 13.5 Å². The van der Waals surface area contributed by atoms with E-state index in [4.69, 9.17) is 9.66 Å². The first-order valence-electron chi connectivity index (χ1n) is 4.22. The predicted molar refractivity (Wildman–Crippen MR) is 51.4 cm³/mol. The zero-order chi connectivity index (χ0) is 11.4. The van der Waals surface area contributed by atoms with Crippen molar-refractivity contribution in [3.8, 4) is 0 Å². The first-order chi connectivity index (χ1) is 6.16. The van der Waals surface area contributed by atoms with Crippen molar-refractivity contribution in [1.82, 2.24) is 0 Å². The second kappa shape index (κ2) is 5.04. The molecule has 0 aliphatic heterocycles. The molecule has 0 fully saturated rings. The topological polar surface area (TPSA) is 94.8 Å². The summed E-state index contributed by atoms with van der Waals surface area (Å²) in [5, 5.41) is 18.0. The van der Waals surface area contributed by atoms with Crippen LogP contribution in [0.4, 0.5) is 0 Å². The summed E-state index contributed by atoms with van der Waals surface area (Å²) >= 11 is 0. The van der Waals surface area contributed by atoms with Crippen LogP contribution in [0.25, 0.3) is 0 Å². The summed E-state index contributed by atoms with van der Waals surface area (Å²) in [6.45, 7) is 0.550. The van der Waals surface area contributed by atoms with Crippen molar-refractivity contribution in [2.75, 3.05) is 39.5 Å². The Balaban J connectivity index is 4.12. The SMILES string of the molecule is C[N+](C)(CCO)CC(O)CS(=O)(=O)O. The van der Waals surface area contributed by atoms with E-state index in [0.717, 1.165) is 0 Å². The molecule has 0 aromatic heterocycles. The molecular weight excluding hydrogens is 210 g/mol. The van der Waals surface area contributed by atoms with Crippen molar-refractivity contribution in [1.29, 1.82) is 0 Å². The summed E-state index contributed by atoms with van der Waals surface area (Å²) in [5.74, 6) is -0.667. The number of aliphatic hydroxyl groups is 2. The highest BCUT2D eigenvalue weighted by Gasteiger charge is 2.23. The van der Waals surface area contributed by atoms with Gasteiger partial charge in [0.25, 0.3) is 10.1 Å². The summed E-state index contributed by atoms with van der Waals surface area (Å²) in [6.07, 6.45) is -1.12. The van der Waals surface area contributed by atoms with E-state index in [1.165, 1.54) is 0 Å². The normalized spacial score (nSPS) is 15.5. The Bertz CT molecular complexity index is 261.